The van der Waals surface area contributed by atoms with Gasteiger partial charge < -0.3 is 35.0 Å². The van der Waals surface area contributed by atoms with Crippen molar-refractivity contribution in [3.05, 3.63) is 51.6 Å². The van der Waals surface area contributed by atoms with E-state index in [1.807, 2.05) is 0 Å². The fraction of sp³-hybridized carbons (Fsp3) is 0.444. The summed E-state index contributed by atoms with van der Waals surface area (Å²) in [4.78, 5) is 38.1. The molecule has 2 aromatic carbocycles. The molecule has 1 heterocycles. The highest BCUT2D eigenvalue weighted by atomic mass is 16.6. The van der Waals surface area contributed by atoms with Crippen molar-refractivity contribution < 1.29 is 49.4 Å². The zero-order chi connectivity index (χ0) is 27.0. The molecule has 0 bridgehead atoms. The second-order valence-corrected chi connectivity index (χ2v) is 9.45. The Hall–Kier alpha value is -3.31. The van der Waals surface area contributed by atoms with Crippen LogP contribution in [0.3, 0.4) is 0 Å². The van der Waals surface area contributed by atoms with Crippen molar-refractivity contribution in [3.63, 3.8) is 0 Å². The molecule has 1 aliphatic heterocycles. The maximum Gasteiger partial charge on any atom is 0.202 e. The van der Waals surface area contributed by atoms with Crippen molar-refractivity contribution >= 4 is 17.3 Å². The van der Waals surface area contributed by atoms with Crippen LogP contribution in [0.2, 0.25) is 0 Å². The molecular weight excluding hydrogens is 484 g/mol. The summed E-state index contributed by atoms with van der Waals surface area (Å²) < 4.78 is 10.1. The highest BCUT2D eigenvalue weighted by Gasteiger charge is 2.41. The topological polar surface area (TPSA) is 171 Å². The van der Waals surface area contributed by atoms with E-state index >= 15 is 0 Å². The molecule has 10 nitrogen and oxygen atoms in total. The van der Waals surface area contributed by atoms with Gasteiger partial charge in [-0.05, 0) is 38.7 Å². The van der Waals surface area contributed by atoms with E-state index in [1.165, 1.54) is 13.2 Å². The number of ether oxygens (including phenoxy) is 2. The Morgan fingerprint density at radius 2 is 1.68 bits per heavy atom. The fourth-order valence-electron chi connectivity index (χ4n) is 5.17. The molecule has 2 aliphatic carbocycles. The lowest BCUT2D eigenvalue weighted by Gasteiger charge is -2.29. The number of rotatable bonds is 3. The van der Waals surface area contributed by atoms with E-state index in [9.17, 15) is 24.6 Å². The highest BCUT2D eigenvalue weighted by Crippen LogP contribution is 2.47. The summed E-state index contributed by atoms with van der Waals surface area (Å²) >= 11 is 0. The van der Waals surface area contributed by atoms with Crippen LogP contribution in [-0.4, -0.2) is 75.1 Å². The molecule has 0 aromatic heterocycles. The lowest BCUT2D eigenvalue weighted by Crippen LogP contribution is -2.36. The van der Waals surface area contributed by atoms with E-state index in [4.69, 9.17) is 24.8 Å². The summed E-state index contributed by atoms with van der Waals surface area (Å²) in [5, 5.41) is 48.7. The largest absolute Gasteiger partial charge is 0.507 e. The summed E-state index contributed by atoms with van der Waals surface area (Å²) in [6, 6.07) is 4.59. The number of methoxy groups -OCH3 is 1. The van der Waals surface area contributed by atoms with Crippen LogP contribution in [0, 0.1) is 5.92 Å². The van der Waals surface area contributed by atoms with Gasteiger partial charge in [-0.25, -0.2) is 0 Å². The van der Waals surface area contributed by atoms with Gasteiger partial charge in [-0.1, -0.05) is 12.1 Å². The minimum Gasteiger partial charge on any atom is -0.507 e. The first-order valence-electron chi connectivity index (χ1n) is 12.1. The van der Waals surface area contributed by atoms with Crippen LogP contribution in [0.15, 0.2) is 18.2 Å². The third kappa shape index (κ3) is 4.73. The first-order valence-corrected chi connectivity index (χ1v) is 12.1. The van der Waals surface area contributed by atoms with Gasteiger partial charge in [0.1, 0.15) is 23.9 Å². The molecule has 4 atom stereocenters. The fourth-order valence-corrected chi connectivity index (χ4v) is 5.17. The lowest BCUT2D eigenvalue weighted by molar-refractivity contribution is -0.192. The Labute approximate surface area is 213 Å². The molecule has 3 aliphatic rings. The number of aromatic hydroxyl groups is 2. The van der Waals surface area contributed by atoms with Crippen molar-refractivity contribution in [2.45, 2.75) is 57.5 Å². The molecule has 10 heteroatoms. The van der Waals surface area contributed by atoms with Gasteiger partial charge in [0.25, 0.3) is 0 Å². The molecule has 2 aromatic rings. The molecule has 3 unspecified atom stereocenters. The number of carbonyl (C=O) groups excluding carboxylic acids is 3. The molecule has 0 spiro atoms. The van der Waals surface area contributed by atoms with E-state index in [0.29, 0.717) is 24.8 Å². The van der Waals surface area contributed by atoms with Crippen LogP contribution in [0.1, 0.15) is 69.2 Å². The van der Waals surface area contributed by atoms with Crippen molar-refractivity contribution in [1.29, 1.82) is 0 Å². The van der Waals surface area contributed by atoms with Gasteiger partial charge in [-0.15, -0.1) is 0 Å². The summed E-state index contributed by atoms with van der Waals surface area (Å²) in [7, 11) is 1.38. The first kappa shape index (κ1) is 26.7. The molecule has 1 saturated heterocycles. The zero-order valence-corrected chi connectivity index (χ0v) is 20.6. The normalized spacial score (nSPS) is 24.2. The number of hydrogen-bond donors (Lipinski definition) is 5. The van der Waals surface area contributed by atoms with Crippen molar-refractivity contribution in [2.24, 2.45) is 5.92 Å². The minimum atomic E-state index is -0.664. The Balaban J connectivity index is 0.000000301. The zero-order valence-electron chi connectivity index (χ0n) is 20.6. The second kappa shape index (κ2) is 10.6. The van der Waals surface area contributed by atoms with Gasteiger partial charge in [-0.2, -0.15) is 0 Å². The predicted molar refractivity (Wildman–Crippen MR) is 129 cm³/mol. The average molecular weight is 515 g/mol. The number of fused-ring (bicyclic) bond motifs is 3. The average Bonchev–Trinajstić information content (AvgIpc) is 2.90. The molecule has 1 fully saturated rings. The predicted octanol–water partition coefficient (Wildman–Crippen LogP) is 1.41. The van der Waals surface area contributed by atoms with Crippen LogP contribution in [0.4, 0.5) is 0 Å². The molecule has 0 amide bonds. The van der Waals surface area contributed by atoms with Crippen LogP contribution < -0.4 is 4.74 Å². The lowest BCUT2D eigenvalue weighted by atomic mass is 9.75. The number of aliphatic hydroxyl groups excluding tert-OH is 3. The van der Waals surface area contributed by atoms with E-state index in [-0.39, 0.29) is 69.8 Å². The Morgan fingerprint density at radius 1 is 1.00 bits per heavy atom. The number of Topliss-reactive ketones (excluding diaryl/α,β-unsaturated/α-hetero) is 1. The van der Waals surface area contributed by atoms with Gasteiger partial charge >= 0.3 is 0 Å². The SMILES string of the molecule is COc1cccc2c1C(=O)c1c(O)c3c(c(O)c1C2=O)CC(C(=O)CO)CC3.C[C@@H]1OC(O)CCC1O. The van der Waals surface area contributed by atoms with Gasteiger partial charge in [0, 0.05) is 29.0 Å². The summed E-state index contributed by atoms with van der Waals surface area (Å²) in [6.07, 6.45) is 0.631. The molecule has 5 N–H and O–H groups in total. The van der Waals surface area contributed by atoms with E-state index in [2.05, 4.69) is 0 Å². The van der Waals surface area contributed by atoms with Crippen molar-refractivity contribution in [2.75, 3.05) is 13.7 Å². The van der Waals surface area contributed by atoms with E-state index in [1.54, 1.807) is 19.1 Å². The number of hydrogen-bond acceptors (Lipinski definition) is 10. The first-order chi connectivity index (χ1) is 17.6. The Bertz CT molecular complexity index is 1250. The molecule has 0 saturated carbocycles. The molecule has 198 valence electrons. The van der Waals surface area contributed by atoms with Gasteiger partial charge in [0.15, 0.2) is 17.9 Å². The van der Waals surface area contributed by atoms with Crippen LogP contribution >= 0.6 is 0 Å². The maximum absolute atomic E-state index is 13.1. The molecule has 0 radical (unpaired) electrons. The van der Waals surface area contributed by atoms with Gasteiger partial charge in [0.2, 0.25) is 5.78 Å². The van der Waals surface area contributed by atoms with Crippen molar-refractivity contribution in [1.82, 2.24) is 0 Å². The number of carbonyl (C=O) groups is 3. The van der Waals surface area contributed by atoms with Crippen LogP contribution in [0.25, 0.3) is 0 Å². The van der Waals surface area contributed by atoms with Crippen LogP contribution in [0.5, 0.6) is 17.2 Å². The number of aliphatic hydroxyl groups is 3. The van der Waals surface area contributed by atoms with Gasteiger partial charge in [-0.3, -0.25) is 14.4 Å². The molecule has 5 rings (SSSR count). The quantitative estimate of drug-likeness (QED) is 0.322. The number of phenolic OH excluding ortho intramolecular Hbond substituents is 2. The third-order valence-electron chi connectivity index (χ3n) is 7.26. The number of benzene rings is 2. The molecular formula is C27H30O10. The number of phenols is 2. The Kier molecular flexibility index (Phi) is 7.65. The van der Waals surface area contributed by atoms with E-state index < -0.39 is 36.5 Å². The maximum atomic E-state index is 13.1. The number of ketones is 3. The summed E-state index contributed by atoms with van der Waals surface area (Å²) in [5.74, 6) is -2.56. The smallest absolute Gasteiger partial charge is 0.202 e. The summed E-state index contributed by atoms with van der Waals surface area (Å²) in [5.41, 5.74) is 0.301. The third-order valence-corrected chi connectivity index (χ3v) is 7.26. The van der Waals surface area contributed by atoms with E-state index in [0.717, 1.165) is 0 Å². The van der Waals surface area contributed by atoms with Crippen molar-refractivity contribution in [3.8, 4) is 17.2 Å². The van der Waals surface area contributed by atoms with Gasteiger partial charge in [0.05, 0.1) is 36.0 Å². The minimum absolute atomic E-state index is 0.0568. The summed E-state index contributed by atoms with van der Waals surface area (Å²) in [6.45, 7) is 1.15. The molecule has 37 heavy (non-hydrogen) atoms. The van der Waals surface area contributed by atoms with Crippen LogP contribution in [-0.2, 0) is 22.4 Å². The Morgan fingerprint density at radius 3 is 2.30 bits per heavy atom. The monoisotopic (exact) mass is 514 g/mol. The second-order valence-electron chi connectivity index (χ2n) is 9.45. The standard InChI is InChI=1S/C21H18O7.C6H12O3/c1-28-14-4-2-3-11-15(14)21(27)17-16(19(11)25)20(26)12-7-9(13(23)8-22)5-6-10(12)18(17)24;1-4-5(7)2-3-6(8)9-4/h2-4,9,22,24,26H,5-8H2,1H3;4-8H,2-3H2,1H3/t;4-,5?,6?/m.0/s1. The highest BCUT2D eigenvalue weighted by molar-refractivity contribution is 6.31.